The van der Waals surface area contributed by atoms with Gasteiger partial charge in [0, 0.05) is 4.90 Å². The molecule has 31 heavy (non-hydrogen) atoms. The Labute approximate surface area is 193 Å². The Morgan fingerprint density at radius 1 is 1.03 bits per heavy atom. The zero-order chi connectivity index (χ0) is 22.2. The minimum Gasteiger partial charge on any atom is -0.477 e. The third-order valence-corrected chi connectivity index (χ3v) is 5.68. The van der Waals surface area contributed by atoms with E-state index in [1.54, 1.807) is 36.0 Å². The third kappa shape index (κ3) is 6.73. The second-order valence-corrected chi connectivity index (χ2v) is 8.27. The smallest absolute Gasteiger partial charge is 0.352 e. The van der Waals surface area contributed by atoms with Crippen molar-refractivity contribution in [2.75, 3.05) is 6.26 Å². The van der Waals surface area contributed by atoms with Crippen LogP contribution in [0, 0.1) is 0 Å². The maximum absolute atomic E-state index is 12.3. The van der Waals surface area contributed by atoms with E-state index in [9.17, 15) is 14.7 Å². The summed E-state index contributed by atoms with van der Waals surface area (Å²) in [4.78, 5) is 25.0. The van der Waals surface area contributed by atoms with Gasteiger partial charge in [-0.05, 0) is 75.8 Å². The molecule has 0 aromatic heterocycles. The summed E-state index contributed by atoms with van der Waals surface area (Å²) in [6, 6.07) is 22.0. The molecule has 5 nitrogen and oxygen atoms in total. The molecule has 0 saturated heterocycles. The number of amides is 1. The van der Waals surface area contributed by atoms with Crippen molar-refractivity contribution in [1.82, 2.24) is 5.32 Å². The van der Waals surface area contributed by atoms with Crippen molar-refractivity contribution < 1.29 is 19.4 Å². The Morgan fingerprint density at radius 2 is 1.71 bits per heavy atom. The number of hydrogen-bond donors (Lipinski definition) is 2. The number of carboxylic acid groups (broad SMARTS) is 1. The lowest BCUT2D eigenvalue weighted by atomic mass is 10.1. The summed E-state index contributed by atoms with van der Waals surface area (Å²) >= 11 is 5.04. The first kappa shape index (κ1) is 22.7. The molecule has 0 fully saturated rings. The fourth-order valence-electron chi connectivity index (χ4n) is 2.73. The molecule has 3 aromatic rings. The van der Waals surface area contributed by atoms with Gasteiger partial charge in [0.25, 0.3) is 0 Å². The van der Waals surface area contributed by atoms with Crippen molar-refractivity contribution in [2.45, 2.75) is 11.3 Å². The summed E-state index contributed by atoms with van der Waals surface area (Å²) < 4.78 is 6.64. The summed E-state index contributed by atoms with van der Waals surface area (Å²) in [6.07, 6.45) is 3.49. The minimum absolute atomic E-state index is 0.0953. The van der Waals surface area contributed by atoms with Gasteiger partial charge in [0.15, 0.2) is 0 Å². The Morgan fingerprint density at radius 3 is 2.32 bits per heavy atom. The maximum Gasteiger partial charge on any atom is 0.352 e. The molecule has 0 atom stereocenters. The first-order valence-corrected chi connectivity index (χ1v) is 11.4. The van der Waals surface area contributed by atoms with Crippen LogP contribution in [0.1, 0.15) is 11.1 Å². The van der Waals surface area contributed by atoms with Gasteiger partial charge < -0.3 is 15.2 Å². The molecular weight excluding hydrogens is 478 g/mol. The molecule has 0 aliphatic carbocycles. The molecule has 0 heterocycles. The molecule has 0 spiro atoms. The third-order valence-electron chi connectivity index (χ3n) is 4.28. The molecule has 0 aliphatic rings. The molecule has 0 unspecified atom stereocenters. The van der Waals surface area contributed by atoms with Crippen LogP contribution in [0.15, 0.2) is 87.9 Å². The standard InChI is InChI=1S/C24H20BrNO4S/c1-31-19-12-8-17(9-13-19)15-23(27)26-21(24(28)29)14-16-6-10-18(11-7-16)30-22-5-3-2-4-20(22)25/h2-14H,15H2,1H3,(H,26,27)(H,28,29)/b21-14-. The van der Waals surface area contributed by atoms with Crippen LogP contribution in [0.5, 0.6) is 11.5 Å². The van der Waals surface area contributed by atoms with Gasteiger partial charge >= 0.3 is 5.97 Å². The van der Waals surface area contributed by atoms with Crippen LogP contribution < -0.4 is 10.1 Å². The molecule has 3 rings (SSSR count). The molecular formula is C24H20BrNO4S. The lowest BCUT2D eigenvalue weighted by Crippen LogP contribution is -2.28. The number of carboxylic acids is 1. The first-order valence-electron chi connectivity index (χ1n) is 9.35. The average molecular weight is 498 g/mol. The number of thioether (sulfide) groups is 1. The van der Waals surface area contributed by atoms with E-state index in [1.807, 2.05) is 54.8 Å². The Hall–Kier alpha value is -3.03. The van der Waals surface area contributed by atoms with E-state index in [2.05, 4.69) is 21.2 Å². The number of halogens is 1. The number of rotatable bonds is 8. The van der Waals surface area contributed by atoms with Crippen LogP contribution in [0.25, 0.3) is 6.08 Å². The van der Waals surface area contributed by atoms with E-state index < -0.39 is 5.97 Å². The van der Waals surface area contributed by atoms with E-state index in [0.717, 1.165) is 14.9 Å². The Balaban J connectivity index is 1.67. The predicted octanol–water partition coefficient (Wildman–Crippen LogP) is 5.75. The first-order chi connectivity index (χ1) is 14.9. The van der Waals surface area contributed by atoms with Crippen molar-refractivity contribution in [3.05, 3.63) is 94.1 Å². The van der Waals surface area contributed by atoms with E-state index >= 15 is 0 Å². The van der Waals surface area contributed by atoms with Crippen molar-refractivity contribution >= 4 is 45.6 Å². The second-order valence-electron chi connectivity index (χ2n) is 6.54. The van der Waals surface area contributed by atoms with Crippen LogP contribution in [-0.2, 0) is 16.0 Å². The number of carbonyl (C=O) groups is 2. The van der Waals surface area contributed by atoms with Crippen molar-refractivity contribution in [2.24, 2.45) is 0 Å². The highest BCUT2D eigenvalue weighted by atomic mass is 79.9. The van der Waals surface area contributed by atoms with E-state index in [4.69, 9.17) is 4.74 Å². The van der Waals surface area contributed by atoms with Crippen LogP contribution in [0.3, 0.4) is 0 Å². The lowest BCUT2D eigenvalue weighted by molar-refractivity contribution is -0.134. The molecule has 1 amide bonds. The number of aliphatic carboxylic acids is 1. The fourth-order valence-corrected chi connectivity index (χ4v) is 3.50. The highest BCUT2D eigenvalue weighted by Gasteiger charge is 2.12. The van der Waals surface area contributed by atoms with Crippen molar-refractivity contribution in [3.8, 4) is 11.5 Å². The normalized spacial score (nSPS) is 11.1. The van der Waals surface area contributed by atoms with Crippen LogP contribution in [0.4, 0.5) is 0 Å². The zero-order valence-electron chi connectivity index (χ0n) is 16.7. The van der Waals surface area contributed by atoms with Crippen LogP contribution in [-0.4, -0.2) is 23.2 Å². The lowest BCUT2D eigenvalue weighted by Gasteiger charge is -2.09. The molecule has 2 N–H and O–H groups in total. The number of hydrogen-bond acceptors (Lipinski definition) is 4. The number of ether oxygens (including phenoxy) is 1. The van der Waals surface area contributed by atoms with E-state index in [0.29, 0.717) is 17.1 Å². The van der Waals surface area contributed by atoms with E-state index in [-0.39, 0.29) is 18.0 Å². The SMILES string of the molecule is CSc1ccc(CC(=O)N/C(=C\c2ccc(Oc3ccccc3Br)cc2)C(=O)O)cc1. The fraction of sp³-hybridized carbons (Fsp3) is 0.0833. The number of para-hydroxylation sites is 1. The van der Waals surface area contributed by atoms with Gasteiger partial charge in [0.05, 0.1) is 10.9 Å². The zero-order valence-corrected chi connectivity index (χ0v) is 19.1. The molecule has 0 radical (unpaired) electrons. The van der Waals surface area contributed by atoms with Crippen LogP contribution in [0.2, 0.25) is 0 Å². The molecule has 3 aromatic carbocycles. The number of nitrogens with one attached hydrogen (secondary N) is 1. The van der Waals surface area contributed by atoms with Gasteiger partial charge in [-0.25, -0.2) is 4.79 Å². The maximum atomic E-state index is 12.3. The molecule has 0 bridgehead atoms. The molecule has 7 heteroatoms. The summed E-state index contributed by atoms with van der Waals surface area (Å²) in [5.41, 5.74) is 1.25. The number of benzene rings is 3. The summed E-state index contributed by atoms with van der Waals surface area (Å²) in [5.74, 6) is -0.312. The van der Waals surface area contributed by atoms with Gasteiger partial charge in [0.2, 0.25) is 5.91 Å². The quantitative estimate of drug-likeness (QED) is 0.306. The Bertz CT molecular complexity index is 1100. The van der Waals surface area contributed by atoms with Gasteiger partial charge in [0.1, 0.15) is 17.2 Å². The minimum atomic E-state index is -1.21. The highest BCUT2D eigenvalue weighted by molar-refractivity contribution is 9.10. The summed E-state index contributed by atoms with van der Waals surface area (Å²) in [7, 11) is 0. The molecule has 0 saturated carbocycles. The monoisotopic (exact) mass is 497 g/mol. The van der Waals surface area contributed by atoms with Crippen molar-refractivity contribution in [1.29, 1.82) is 0 Å². The largest absolute Gasteiger partial charge is 0.477 e. The highest BCUT2D eigenvalue weighted by Crippen LogP contribution is 2.29. The van der Waals surface area contributed by atoms with Gasteiger partial charge in [-0.2, -0.15) is 0 Å². The second kappa shape index (κ2) is 10.8. The summed E-state index contributed by atoms with van der Waals surface area (Å²) in [5, 5.41) is 12.0. The van der Waals surface area contributed by atoms with Gasteiger partial charge in [-0.15, -0.1) is 11.8 Å². The molecule has 158 valence electrons. The molecule has 0 aliphatic heterocycles. The van der Waals surface area contributed by atoms with Crippen molar-refractivity contribution in [3.63, 3.8) is 0 Å². The number of carbonyl (C=O) groups excluding carboxylic acids is 1. The predicted molar refractivity (Wildman–Crippen MR) is 126 cm³/mol. The van der Waals surface area contributed by atoms with E-state index in [1.165, 1.54) is 6.08 Å². The van der Waals surface area contributed by atoms with Gasteiger partial charge in [-0.3, -0.25) is 4.79 Å². The topological polar surface area (TPSA) is 75.6 Å². The van der Waals surface area contributed by atoms with Gasteiger partial charge in [-0.1, -0.05) is 36.4 Å². The van der Waals surface area contributed by atoms with Crippen LogP contribution >= 0.6 is 27.7 Å². The Kier molecular flexibility index (Phi) is 7.92. The summed E-state index contributed by atoms with van der Waals surface area (Å²) in [6.45, 7) is 0. The average Bonchev–Trinajstić information content (AvgIpc) is 2.76.